The molecule has 0 aliphatic carbocycles. The Balaban J connectivity index is 0.00000180. The van der Waals surface area contributed by atoms with E-state index in [1.54, 1.807) is 30.3 Å². The highest BCUT2D eigenvalue weighted by Gasteiger charge is 2.20. The number of rotatable bonds is 3. The molecule has 2 N–H and O–H groups in total. The molecular formula is C15H14O4. The van der Waals surface area contributed by atoms with Gasteiger partial charge in [-0.1, -0.05) is 49.9 Å². The summed E-state index contributed by atoms with van der Waals surface area (Å²) in [6.07, 6.45) is 0. The van der Waals surface area contributed by atoms with E-state index in [9.17, 15) is 14.7 Å². The van der Waals surface area contributed by atoms with E-state index in [0.29, 0.717) is 11.1 Å². The largest absolute Gasteiger partial charge is 0.478 e. The third-order valence-corrected chi connectivity index (χ3v) is 2.59. The maximum atomic E-state index is 11.3. The van der Waals surface area contributed by atoms with Gasteiger partial charge in [0.2, 0.25) is 0 Å². The molecule has 4 heteroatoms. The van der Waals surface area contributed by atoms with Gasteiger partial charge in [-0.25, -0.2) is 9.59 Å². The summed E-state index contributed by atoms with van der Waals surface area (Å²) >= 11 is 0. The van der Waals surface area contributed by atoms with Gasteiger partial charge in [0.1, 0.15) is 0 Å². The van der Waals surface area contributed by atoms with Crippen molar-refractivity contribution in [3.8, 4) is 11.1 Å². The Morgan fingerprint density at radius 3 is 1.95 bits per heavy atom. The van der Waals surface area contributed by atoms with Gasteiger partial charge in [-0.3, -0.25) is 0 Å². The van der Waals surface area contributed by atoms with Crippen molar-refractivity contribution in [3.05, 3.63) is 59.7 Å². The van der Waals surface area contributed by atoms with E-state index < -0.39 is 11.9 Å². The van der Waals surface area contributed by atoms with Crippen LogP contribution in [0.1, 0.15) is 28.1 Å². The summed E-state index contributed by atoms with van der Waals surface area (Å²) < 4.78 is 0. The number of hydrogen-bond donors (Lipinski definition) is 2. The number of benzene rings is 2. The van der Waals surface area contributed by atoms with E-state index in [0.717, 1.165) is 0 Å². The zero-order valence-electron chi connectivity index (χ0n) is 9.33. The van der Waals surface area contributed by atoms with Crippen LogP contribution in [0.4, 0.5) is 0 Å². The lowest BCUT2D eigenvalue weighted by atomic mass is 9.95. The predicted octanol–water partition coefficient (Wildman–Crippen LogP) is 3.39. The Kier molecular flexibility index (Phi) is 4.42. The third kappa shape index (κ3) is 2.80. The zero-order chi connectivity index (χ0) is 13.1. The first-order valence-corrected chi connectivity index (χ1v) is 5.26. The summed E-state index contributed by atoms with van der Waals surface area (Å²) in [6.45, 7) is 0. The highest BCUT2D eigenvalue weighted by atomic mass is 16.4. The molecule has 19 heavy (non-hydrogen) atoms. The van der Waals surface area contributed by atoms with Crippen LogP contribution in [0.3, 0.4) is 0 Å². The summed E-state index contributed by atoms with van der Waals surface area (Å²) in [5.41, 5.74) is 0.695. The maximum absolute atomic E-state index is 11.3. The van der Waals surface area contributed by atoms with Crippen LogP contribution >= 0.6 is 0 Å². The van der Waals surface area contributed by atoms with Gasteiger partial charge < -0.3 is 10.2 Å². The lowest BCUT2D eigenvalue weighted by Gasteiger charge is -2.08. The molecule has 0 fully saturated rings. The van der Waals surface area contributed by atoms with E-state index in [4.69, 9.17) is 5.11 Å². The molecule has 0 aliphatic rings. The fourth-order valence-corrected chi connectivity index (χ4v) is 1.82. The molecule has 0 amide bonds. The van der Waals surface area contributed by atoms with E-state index in [-0.39, 0.29) is 18.6 Å². The summed E-state index contributed by atoms with van der Waals surface area (Å²) in [4.78, 5) is 22.3. The monoisotopic (exact) mass is 258 g/mol. The second-order valence-corrected chi connectivity index (χ2v) is 3.70. The minimum absolute atomic E-state index is 0. The molecule has 4 nitrogen and oxygen atoms in total. The van der Waals surface area contributed by atoms with E-state index >= 15 is 0 Å². The SMILES string of the molecule is C.O=C(O)c1cccc(-c2ccccc2)c1C(=O)O. The Hall–Kier alpha value is -2.62. The van der Waals surface area contributed by atoms with Gasteiger partial charge in [0.05, 0.1) is 11.1 Å². The highest BCUT2D eigenvalue weighted by molar-refractivity contribution is 6.06. The Morgan fingerprint density at radius 2 is 1.42 bits per heavy atom. The Morgan fingerprint density at radius 1 is 0.789 bits per heavy atom. The maximum Gasteiger partial charge on any atom is 0.337 e. The second-order valence-electron chi connectivity index (χ2n) is 3.70. The Labute approximate surface area is 111 Å². The van der Waals surface area contributed by atoms with Crippen LogP contribution in [-0.4, -0.2) is 22.2 Å². The molecular weight excluding hydrogens is 244 g/mol. The molecule has 0 heterocycles. The standard InChI is InChI=1S/C14H10O4.CH4/c15-13(16)11-8-4-7-10(12(11)14(17)18)9-5-2-1-3-6-9;/h1-8H,(H,15,16)(H,17,18);1H4. The van der Waals surface area contributed by atoms with Crippen molar-refractivity contribution in [3.63, 3.8) is 0 Å². The molecule has 0 atom stereocenters. The summed E-state index contributed by atoms with van der Waals surface area (Å²) in [7, 11) is 0. The summed E-state index contributed by atoms with van der Waals surface area (Å²) in [6, 6.07) is 13.3. The van der Waals surface area contributed by atoms with Crippen LogP contribution in [0.15, 0.2) is 48.5 Å². The summed E-state index contributed by atoms with van der Waals surface area (Å²) in [5.74, 6) is -2.49. The van der Waals surface area contributed by atoms with Crippen molar-refractivity contribution in [2.45, 2.75) is 7.43 Å². The van der Waals surface area contributed by atoms with Crippen molar-refractivity contribution in [1.29, 1.82) is 0 Å². The van der Waals surface area contributed by atoms with E-state index in [1.807, 2.05) is 6.07 Å². The molecule has 2 rings (SSSR count). The smallest absolute Gasteiger partial charge is 0.337 e. The summed E-state index contributed by atoms with van der Waals surface area (Å²) in [5, 5.41) is 18.2. The van der Waals surface area contributed by atoms with Gasteiger partial charge in [0, 0.05) is 0 Å². The number of aromatic carboxylic acids is 2. The van der Waals surface area contributed by atoms with Crippen LogP contribution in [0.5, 0.6) is 0 Å². The Bertz CT molecular complexity index is 603. The first-order valence-electron chi connectivity index (χ1n) is 5.26. The fraction of sp³-hybridized carbons (Fsp3) is 0.0667. The van der Waals surface area contributed by atoms with Crippen molar-refractivity contribution >= 4 is 11.9 Å². The number of carboxylic acid groups (broad SMARTS) is 2. The normalized spacial score (nSPS) is 9.47. The first-order chi connectivity index (χ1) is 8.61. The molecule has 2 aromatic carbocycles. The van der Waals surface area contributed by atoms with Crippen molar-refractivity contribution in [1.82, 2.24) is 0 Å². The average molecular weight is 258 g/mol. The van der Waals surface area contributed by atoms with E-state index in [2.05, 4.69) is 0 Å². The highest BCUT2D eigenvalue weighted by Crippen LogP contribution is 2.26. The quantitative estimate of drug-likeness (QED) is 0.884. The van der Waals surface area contributed by atoms with Gasteiger partial charge in [-0.2, -0.15) is 0 Å². The molecule has 0 aromatic heterocycles. The second kappa shape index (κ2) is 5.82. The molecule has 0 aliphatic heterocycles. The third-order valence-electron chi connectivity index (χ3n) is 2.59. The molecule has 0 unspecified atom stereocenters. The lowest BCUT2D eigenvalue weighted by Crippen LogP contribution is -2.09. The molecule has 0 bridgehead atoms. The van der Waals surface area contributed by atoms with Crippen LogP contribution in [-0.2, 0) is 0 Å². The minimum atomic E-state index is -1.25. The molecule has 98 valence electrons. The van der Waals surface area contributed by atoms with Gasteiger partial charge in [0.25, 0.3) is 0 Å². The van der Waals surface area contributed by atoms with Crippen LogP contribution in [0.2, 0.25) is 0 Å². The van der Waals surface area contributed by atoms with Gasteiger partial charge in [0.15, 0.2) is 0 Å². The van der Waals surface area contributed by atoms with Crippen LogP contribution < -0.4 is 0 Å². The lowest BCUT2D eigenvalue weighted by molar-refractivity contribution is 0.0652. The van der Waals surface area contributed by atoms with Crippen molar-refractivity contribution in [2.24, 2.45) is 0 Å². The topological polar surface area (TPSA) is 74.6 Å². The minimum Gasteiger partial charge on any atom is -0.478 e. The average Bonchev–Trinajstić information content (AvgIpc) is 2.38. The zero-order valence-corrected chi connectivity index (χ0v) is 9.33. The molecule has 0 saturated carbocycles. The molecule has 2 aromatic rings. The molecule has 0 radical (unpaired) electrons. The number of hydrogen-bond acceptors (Lipinski definition) is 2. The van der Waals surface area contributed by atoms with Crippen LogP contribution in [0.25, 0.3) is 11.1 Å². The fourth-order valence-electron chi connectivity index (χ4n) is 1.82. The predicted molar refractivity (Wildman–Crippen MR) is 72.5 cm³/mol. The van der Waals surface area contributed by atoms with Crippen molar-refractivity contribution < 1.29 is 19.8 Å². The van der Waals surface area contributed by atoms with Gasteiger partial charge >= 0.3 is 11.9 Å². The number of carbonyl (C=O) groups is 2. The van der Waals surface area contributed by atoms with Crippen LogP contribution in [0, 0.1) is 0 Å². The number of carboxylic acids is 2. The molecule has 0 spiro atoms. The molecule has 0 saturated heterocycles. The van der Waals surface area contributed by atoms with Gasteiger partial charge in [-0.15, -0.1) is 0 Å². The van der Waals surface area contributed by atoms with Crippen molar-refractivity contribution in [2.75, 3.05) is 0 Å². The van der Waals surface area contributed by atoms with Gasteiger partial charge in [-0.05, 0) is 17.2 Å². The first kappa shape index (κ1) is 14.4. The van der Waals surface area contributed by atoms with E-state index in [1.165, 1.54) is 12.1 Å².